The molecule has 0 aliphatic carbocycles. The Morgan fingerprint density at radius 1 is 1.08 bits per heavy atom. The summed E-state index contributed by atoms with van der Waals surface area (Å²) in [5.41, 5.74) is 2.55. The van der Waals surface area contributed by atoms with E-state index in [1.807, 2.05) is 36.1 Å². The molecular formula is C18H23N5O. The summed E-state index contributed by atoms with van der Waals surface area (Å²) in [6, 6.07) is 8.04. The predicted octanol–water partition coefficient (Wildman–Crippen LogP) is 2.31. The van der Waals surface area contributed by atoms with Crippen molar-refractivity contribution >= 4 is 17.4 Å². The first-order valence-electron chi connectivity index (χ1n) is 8.33. The molecule has 0 unspecified atom stereocenters. The Kier molecular flexibility index (Phi) is 5.05. The fourth-order valence-corrected chi connectivity index (χ4v) is 2.72. The van der Waals surface area contributed by atoms with Crippen molar-refractivity contribution < 1.29 is 4.79 Å². The number of hydrogen-bond donors (Lipinski definition) is 1. The summed E-state index contributed by atoms with van der Waals surface area (Å²) in [4.78, 5) is 25.3. The van der Waals surface area contributed by atoms with Crippen molar-refractivity contribution in [3.05, 3.63) is 47.9 Å². The quantitative estimate of drug-likeness (QED) is 0.935. The van der Waals surface area contributed by atoms with E-state index < -0.39 is 0 Å². The maximum atomic E-state index is 12.5. The van der Waals surface area contributed by atoms with Gasteiger partial charge in [-0.1, -0.05) is 24.6 Å². The maximum Gasteiger partial charge on any atom is 0.274 e. The maximum absolute atomic E-state index is 12.5. The third-order valence-electron chi connectivity index (χ3n) is 4.30. The Morgan fingerprint density at radius 2 is 1.79 bits per heavy atom. The van der Waals surface area contributed by atoms with E-state index in [0.29, 0.717) is 11.5 Å². The number of nitrogens with one attached hydrogen (secondary N) is 1. The van der Waals surface area contributed by atoms with Gasteiger partial charge in [0.05, 0.1) is 12.4 Å². The summed E-state index contributed by atoms with van der Waals surface area (Å²) in [5, 5.41) is 3.19. The van der Waals surface area contributed by atoms with Gasteiger partial charge < -0.3 is 15.1 Å². The molecule has 2 aromatic rings. The standard InChI is InChI=1S/C18H23N5O/c1-3-22-8-10-23(11-9-22)18(24)16-12-20-17(13-19-16)21-15-6-4-14(2)5-7-15/h4-7,12-13H,3,8-11H2,1-2H3,(H,20,21). The minimum Gasteiger partial charge on any atom is -0.339 e. The second kappa shape index (κ2) is 7.40. The van der Waals surface area contributed by atoms with Crippen LogP contribution in [0.15, 0.2) is 36.7 Å². The van der Waals surface area contributed by atoms with Crippen LogP contribution in [0.3, 0.4) is 0 Å². The van der Waals surface area contributed by atoms with Gasteiger partial charge in [0.1, 0.15) is 11.5 Å². The zero-order chi connectivity index (χ0) is 16.9. The number of aryl methyl sites for hydroxylation is 1. The summed E-state index contributed by atoms with van der Waals surface area (Å²) in [6.07, 6.45) is 3.15. The molecule has 1 fully saturated rings. The molecule has 6 heteroatoms. The molecule has 0 spiro atoms. The van der Waals surface area contributed by atoms with E-state index in [0.717, 1.165) is 38.4 Å². The number of hydrogen-bond acceptors (Lipinski definition) is 5. The molecule has 0 radical (unpaired) electrons. The first-order valence-corrected chi connectivity index (χ1v) is 8.33. The SMILES string of the molecule is CCN1CCN(C(=O)c2cnc(Nc3ccc(C)cc3)cn2)CC1. The van der Waals surface area contributed by atoms with Gasteiger partial charge in [-0.3, -0.25) is 4.79 Å². The van der Waals surface area contributed by atoms with E-state index in [9.17, 15) is 4.79 Å². The zero-order valence-electron chi connectivity index (χ0n) is 14.2. The number of amides is 1. The summed E-state index contributed by atoms with van der Waals surface area (Å²) in [7, 11) is 0. The van der Waals surface area contributed by atoms with Gasteiger partial charge in [0.25, 0.3) is 5.91 Å². The van der Waals surface area contributed by atoms with Crippen LogP contribution in [0, 0.1) is 6.92 Å². The monoisotopic (exact) mass is 325 g/mol. The molecule has 0 bridgehead atoms. The predicted molar refractivity (Wildman–Crippen MR) is 94.5 cm³/mol. The van der Waals surface area contributed by atoms with Gasteiger partial charge in [0, 0.05) is 31.9 Å². The third-order valence-corrected chi connectivity index (χ3v) is 4.30. The second-order valence-corrected chi connectivity index (χ2v) is 6.00. The van der Waals surface area contributed by atoms with Crippen LogP contribution in [0.4, 0.5) is 11.5 Å². The smallest absolute Gasteiger partial charge is 0.274 e. The molecule has 1 amide bonds. The molecule has 0 atom stereocenters. The first kappa shape index (κ1) is 16.4. The number of rotatable bonds is 4. The fraction of sp³-hybridized carbons (Fsp3) is 0.389. The van der Waals surface area contributed by atoms with E-state index in [1.165, 1.54) is 5.56 Å². The van der Waals surface area contributed by atoms with Crippen LogP contribution in [0.5, 0.6) is 0 Å². The lowest BCUT2D eigenvalue weighted by molar-refractivity contribution is 0.0637. The van der Waals surface area contributed by atoms with Gasteiger partial charge >= 0.3 is 0 Å². The van der Waals surface area contributed by atoms with Crippen LogP contribution < -0.4 is 5.32 Å². The average molecular weight is 325 g/mol. The van der Waals surface area contributed by atoms with Crippen LogP contribution in [0.2, 0.25) is 0 Å². The number of likely N-dealkylation sites (N-methyl/N-ethyl adjacent to an activating group) is 1. The molecule has 24 heavy (non-hydrogen) atoms. The van der Waals surface area contributed by atoms with E-state index in [1.54, 1.807) is 12.4 Å². The molecule has 1 aliphatic rings. The second-order valence-electron chi connectivity index (χ2n) is 6.00. The highest BCUT2D eigenvalue weighted by Gasteiger charge is 2.22. The summed E-state index contributed by atoms with van der Waals surface area (Å²) >= 11 is 0. The molecule has 6 nitrogen and oxygen atoms in total. The topological polar surface area (TPSA) is 61.4 Å². The van der Waals surface area contributed by atoms with Crippen LogP contribution in [-0.4, -0.2) is 58.4 Å². The number of benzene rings is 1. The molecule has 2 heterocycles. The van der Waals surface area contributed by atoms with E-state index in [4.69, 9.17) is 0 Å². The summed E-state index contributed by atoms with van der Waals surface area (Å²) in [5.74, 6) is 0.589. The Labute approximate surface area is 142 Å². The van der Waals surface area contributed by atoms with Crippen LogP contribution in [0.1, 0.15) is 23.0 Å². The van der Waals surface area contributed by atoms with Crippen molar-refractivity contribution in [2.75, 3.05) is 38.0 Å². The Morgan fingerprint density at radius 3 is 2.38 bits per heavy atom. The first-order chi connectivity index (χ1) is 11.7. The number of piperazine rings is 1. The van der Waals surface area contributed by atoms with Gasteiger partial charge in [-0.05, 0) is 25.6 Å². The Hall–Kier alpha value is -2.47. The number of anilines is 2. The lowest BCUT2D eigenvalue weighted by Crippen LogP contribution is -2.48. The van der Waals surface area contributed by atoms with Crippen molar-refractivity contribution in [3.63, 3.8) is 0 Å². The van der Waals surface area contributed by atoms with Gasteiger partial charge in [0.2, 0.25) is 0 Å². The van der Waals surface area contributed by atoms with Gasteiger partial charge in [0.15, 0.2) is 0 Å². The Bertz CT molecular complexity index is 676. The number of nitrogens with zero attached hydrogens (tertiary/aromatic N) is 4. The lowest BCUT2D eigenvalue weighted by atomic mass is 10.2. The minimum absolute atomic E-state index is 0.0415. The lowest BCUT2D eigenvalue weighted by Gasteiger charge is -2.33. The van der Waals surface area contributed by atoms with Gasteiger partial charge in [-0.25, -0.2) is 9.97 Å². The highest BCUT2D eigenvalue weighted by molar-refractivity contribution is 5.92. The van der Waals surface area contributed by atoms with E-state index in [2.05, 4.69) is 27.1 Å². The highest BCUT2D eigenvalue weighted by atomic mass is 16.2. The zero-order valence-corrected chi connectivity index (χ0v) is 14.2. The molecule has 1 aromatic heterocycles. The normalized spacial score (nSPS) is 15.3. The van der Waals surface area contributed by atoms with Crippen molar-refractivity contribution in [1.29, 1.82) is 0 Å². The van der Waals surface area contributed by atoms with Crippen molar-refractivity contribution in [2.24, 2.45) is 0 Å². The van der Waals surface area contributed by atoms with Gasteiger partial charge in [-0.2, -0.15) is 0 Å². The molecule has 1 aliphatic heterocycles. The molecular weight excluding hydrogens is 302 g/mol. The summed E-state index contributed by atoms with van der Waals surface area (Å²) in [6.45, 7) is 8.55. The molecule has 126 valence electrons. The Balaban J connectivity index is 1.61. The van der Waals surface area contributed by atoms with Crippen LogP contribution in [0.25, 0.3) is 0 Å². The highest BCUT2D eigenvalue weighted by Crippen LogP contribution is 2.15. The van der Waals surface area contributed by atoms with Crippen LogP contribution >= 0.6 is 0 Å². The fourth-order valence-electron chi connectivity index (χ4n) is 2.72. The summed E-state index contributed by atoms with van der Waals surface area (Å²) < 4.78 is 0. The van der Waals surface area contributed by atoms with Gasteiger partial charge in [-0.15, -0.1) is 0 Å². The molecule has 1 saturated heterocycles. The largest absolute Gasteiger partial charge is 0.339 e. The van der Waals surface area contributed by atoms with Crippen molar-refractivity contribution in [1.82, 2.24) is 19.8 Å². The average Bonchev–Trinajstić information content (AvgIpc) is 2.64. The molecule has 3 rings (SSSR count). The molecule has 1 N–H and O–H groups in total. The minimum atomic E-state index is -0.0415. The number of aromatic nitrogens is 2. The van der Waals surface area contributed by atoms with E-state index in [-0.39, 0.29) is 5.91 Å². The number of carbonyl (C=O) groups is 1. The van der Waals surface area contributed by atoms with Crippen molar-refractivity contribution in [3.8, 4) is 0 Å². The van der Waals surface area contributed by atoms with Crippen molar-refractivity contribution in [2.45, 2.75) is 13.8 Å². The third kappa shape index (κ3) is 3.89. The molecule has 0 saturated carbocycles. The molecule has 1 aromatic carbocycles. The number of carbonyl (C=O) groups excluding carboxylic acids is 1. The van der Waals surface area contributed by atoms with Crippen LogP contribution in [-0.2, 0) is 0 Å². The van der Waals surface area contributed by atoms with E-state index >= 15 is 0 Å².